The maximum absolute atomic E-state index is 12.5. The highest BCUT2D eigenvalue weighted by Gasteiger charge is 2.08. The number of rotatable bonds is 7. The molecule has 0 saturated carbocycles. The van der Waals surface area contributed by atoms with Crippen LogP contribution in [0.5, 0.6) is 11.5 Å². The van der Waals surface area contributed by atoms with Crippen molar-refractivity contribution in [3.63, 3.8) is 0 Å². The second-order valence-corrected chi connectivity index (χ2v) is 7.65. The molecule has 0 aliphatic carbocycles. The number of nitrogens with zero attached hydrogens (tertiary/aromatic N) is 2. The summed E-state index contributed by atoms with van der Waals surface area (Å²) in [5.74, 6) is 1.08. The molecule has 1 amide bonds. The number of anilines is 1. The average molecular weight is 444 g/mol. The fourth-order valence-electron chi connectivity index (χ4n) is 3.09. The van der Waals surface area contributed by atoms with Crippen molar-refractivity contribution in [3.8, 4) is 33.3 Å². The number of amides is 1. The minimum Gasteiger partial charge on any atom is -0.497 e. The third kappa shape index (κ3) is 5.01. The number of carbonyl (C=O) groups is 1. The van der Waals surface area contributed by atoms with Crippen LogP contribution in [0.1, 0.15) is 5.56 Å². The van der Waals surface area contributed by atoms with Gasteiger partial charge in [-0.05, 0) is 42.5 Å². The highest BCUT2D eigenvalue weighted by atomic mass is 32.1. The average Bonchev–Trinajstić information content (AvgIpc) is 3.34. The summed E-state index contributed by atoms with van der Waals surface area (Å²) in [6.07, 6.45) is 6.71. The van der Waals surface area contributed by atoms with Gasteiger partial charge in [-0.25, -0.2) is 4.98 Å². The summed E-state index contributed by atoms with van der Waals surface area (Å²) in [4.78, 5) is 21.3. The molecule has 4 rings (SSSR count). The van der Waals surface area contributed by atoms with E-state index in [0.29, 0.717) is 17.2 Å². The third-order valence-electron chi connectivity index (χ3n) is 4.69. The van der Waals surface area contributed by atoms with E-state index in [9.17, 15) is 4.79 Å². The fraction of sp³-hybridized carbons (Fsp3) is 0.0800. The highest BCUT2D eigenvalue weighted by Crippen LogP contribution is 2.30. The van der Waals surface area contributed by atoms with Gasteiger partial charge in [-0.3, -0.25) is 9.78 Å². The van der Waals surface area contributed by atoms with E-state index in [-0.39, 0.29) is 5.91 Å². The first kappa shape index (κ1) is 21.3. The molecule has 0 atom stereocenters. The number of thiazole rings is 1. The van der Waals surface area contributed by atoms with Crippen LogP contribution in [-0.4, -0.2) is 30.1 Å². The van der Waals surface area contributed by atoms with Crippen molar-refractivity contribution in [3.05, 3.63) is 84.0 Å². The Morgan fingerprint density at radius 3 is 2.69 bits per heavy atom. The van der Waals surface area contributed by atoms with Gasteiger partial charge in [0.2, 0.25) is 5.91 Å². The zero-order valence-corrected chi connectivity index (χ0v) is 18.4. The number of aromatic nitrogens is 2. The molecule has 2 aromatic carbocycles. The zero-order chi connectivity index (χ0) is 22.3. The molecule has 0 aliphatic heterocycles. The van der Waals surface area contributed by atoms with Crippen LogP contribution in [0.2, 0.25) is 0 Å². The van der Waals surface area contributed by atoms with Crippen LogP contribution in [0.3, 0.4) is 0 Å². The molecule has 0 radical (unpaired) electrons. The van der Waals surface area contributed by atoms with Crippen LogP contribution in [-0.2, 0) is 4.79 Å². The van der Waals surface area contributed by atoms with E-state index in [1.165, 1.54) is 6.08 Å². The Morgan fingerprint density at radius 1 is 1.03 bits per heavy atom. The summed E-state index contributed by atoms with van der Waals surface area (Å²) in [6.45, 7) is 0. The van der Waals surface area contributed by atoms with E-state index in [1.807, 2.05) is 53.9 Å². The van der Waals surface area contributed by atoms with Gasteiger partial charge in [0.1, 0.15) is 16.5 Å². The van der Waals surface area contributed by atoms with Crippen molar-refractivity contribution in [1.29, 1.82) is 0 Å². The van der Waals surface area contributed by atoms with Gasteiger partial charge < -0.3 is 14.8 Å². The molecule has 6 nitrogen and oxygen atoms in total. The van der Waals surface area contributed by atoms with E-state index >= 15 is 0 Å². The first-order valence-corrected chi connectivity index (χ1v) is 10.7. The maximum Gasteiger partial charge on any atom is 0.248 e. The van der Waals surface area contributed by atoms with Crippen LogP contribution in [0.4, 0.5) is 5.69 Å². The van der Waals surface area contributed by atoms with Crippen molar-refractivity contribution in [2.45, 2.75) is 0 Å². The lowest BCUT2D eigenvalue weighted by molar-refractivity contribution is -0.111. The fourth-order valence-corrected chi connectivity index (χ4v) is 3.91. The number of pyridine rings is 1. The highest BCUT2D eigenvalue weighted by molar-refractivity contribution is 7.13. The van der Waals surface area contributed by atoms with Crippen LogP contribution in [0.15, 0.2) is 78.4 Å². The van der Waals surface area contributed by atoms with Gasteiger partial charge in [0, 0.05) is 52.3 Å². The van der Waals surface area contributed by atoms with Crippen molar-refractivity contribution in [1.82, 2.24) is 9.97 Å². The molecule has 0 saturated heterocycles. The van der Waals surface area contributed by atoms with E-state index < -0.39 is 0 Å². The quantitative estimate of drug-likeness (QED) is 0.380. The molecule has 0 bridgehead atoms. The Balaban J connectivity index is 1.47. The topological polar surface area (TPSA) is 73.3 Å². The number of benzene rings is 2. The number of hydrogen-bond acceptors (Lipinski definition) is 6. The normalized spacial score (nSPS) is 10.8. The van der Waals surface area contributed by atoms with Crippen molar-refractivity contribution >= 4 is 29.0 Å². The minimum atomic E-state index is -0.241. The molecule has 4 aromatic rings. The molecule has 32 heavy (non-hydrogen) atoms. The predicted molar refractivity (Wildman–Crippen MR) is 128 cm³/mol. The standard InChI is InChI=1S/C25H21N3O3S/c1-30-21-10-8-17(23(14-21)31-2)9-11-24(29)27-20-7-3-5-18(13-20)22-16-32-25(28-22)19-6-4-12-26-15-19/h3-16H,1-2H3,(H,27,29)/b11-9+. The molecule has 1 N–H and O–H groups in total. The monoisotopic (exact) mass is 443 g/mol. The Morgan fingerprint density at radius 2 is 1.91 bits per heavy atom. The number of carbonyl (C=O) groups excluding carboxylic acids is 1. The smallest absolute Gasteiger partial charge is 0.248 e. The van der Waals surface area contributed by atoms with Gasteiger partial charge in [-0.1, -0.05) is 12.1 Å². The minimum absolute atomic E-state index is 0.241. The zero-order valence-electron chi connectivity index (χ0n) is 17.6. The molecular weight excluding hydrogens is 422 g/mol. The molecule has 0 spiro atoms. The molecule has 0 unspecified atom stereocenters. The SMILES string of the molecule is COc1ccc(/C=C/C(=O)Nc2cccc(-c3csc(-c4cccnc4)n3)c2)c(OC)c1. The second kappa shape index (κ2) is 9.89. The van der Waals surface area contributed by atoms with Gasteiger partial charge in [-0.15, -0.1) is 11.3 Å². The van der Waals surface area contributed by atoms with Crippen molar-refractivity contribution in [2.24, 2.45) is 0 Å². The summed E-state index contributed by atoms with van der Waals surface area (Å²) in [6, 6.07) is 16.9. The molecule has 0 fully saturated rings. The van der Waals surface area contributed by atoms with E-state index in [0.717, 1.165) is 27.4 Å². The van der Waals surface area contributed by atoms with E-state index in [1.54, 1.807) is 50.1 Å². The summed E-state index contributed by atoms with van der Waals surface area (Å²) < 4.78 is 10.6. The number of methoxy groups -OCH3 is 2. The van der Waals surface area contributed by atoms with Gasteiger partial charge in [0.25, 0.3) is 0 Å². The molecule has 2 heterocycles. The molecule has 0 aliphatic rings. The van der Waals surface area contributed by atoms with Crippen LogP contribution < -0.4 is 14.8 Å². The lowest BCUT2D eigenvalue weighted by Crippen LogP contribution is -2.07. The molecule has 160 valence electrons. The molecule has 7 heteroatoms. The second-order valence-electron chi connectivity index (χ2n) is 6.79. The number of nitrogens with one attached hydrogen (secondary N) is 1. The summed E-state index contributed by atoms with van der Waals surface area (Å²) in [7, 11) is 3.17. The van der Waals surface area contributed by atoms with Gasteiger partial charge in [0.15, 0.2) is 0 Å². The Bertz CT molecular complexity index is 1250. The van der Waals surface area contributed by atoms with E-state index in [4.69, 9.17) is 14.5 Å². The van der Waals surface area contributed by atoms with Gasteiger partial charge in [-0.2, -0.15) is 0 Å². The van der Waals surface area contributed by atoms with Gasteiger partial charge in [0.05, 0.1) is 19.9 Å². The van der Waals surface area contributed by atoms with Crippen LogP contribution in [0, 0.1) is 0 Å². The predicted octanol–water partition coefficient (Wildman–Crippen LogP) is 5.54. The van der Waals surface area contributed by atoms with Crippen LogP contribution >= 0.6 is 11.3 Å². The number of hydrogen-bond donors (Lipinski definition) is 1. The summed E-state index contributed by atoms with van der Waals surface area (Å²) in [5.41, 5.74) is 4.23. The maximum atomic E-state index is 12.5. The Kier molecular flexibility index (Phi) is 6.57. The summed E-state index contributed by atoms with van der Waals surface area (Å²) in [5, 5.41) is 5.80. The first-order valence-electron chi connectivity index (χ1n) is 9.84. The lowest BCUT2D eigenvalue weighted by atomic mass is 10.1. The lowest BCUT2D eigenvalue weighted by Gasteiger charge is -2.07. The van der Waals surface area contributed by atoms with Gasteiger partial charge >= 0.3 is 0 Å². The first-order chi connectivity index (χ1) is 15.7. The number of ether oxygens (including phenoxy) is 2. The molecular formula is C25H21N3O3S. The Hall–Kier alpha value is -3.97. The Labute approximate surface area is 190 Å². The summed E-state index contributed by atoms with van der Waals surface area (Å²) >= 11 is 1.56. The van der Waals surface area contributed by atoms with Crippen molar-refractivity contribution < 1.29 is 14.3 Å². The van der Waals surface area contributed by atoms with E-state index in [2.05, 4.69) is 10.3 Å². The third-order valence-corrected chi connectivity index (χ3v) is 5.58. The largest absolute Gasteiger partial charge is 0.497 e. The molecule has 2 aromatic heterocycles. The van der Waals surface area contributed by atoms with Crippen molar-refractivity contribution in [2.75, 3.05) is 19.5 Å². The van der Waals surface area contributed by atoms with Crippen LogP contribution in [0.25, 0.3) is 27.9 Å².